The number of nitrogens with zero attached hydrogens (tertiary/aromatic N) is 3. The zero-order chi connectivity index (χ0) is 19.2. The molecular formula is C22H24N4O2. The number of pyridine rings is 1. The lowest BCUT2D eigenvalue weighted by Gasteiger charge is -2.20. The van der Waals surface area contributed by atoms with Crippen LogP contribution in [0.25, 0.3) is 11.3 Å². The molecule has 6 nitrogen and oxygen atoms in total. The molecule has 0 aliphatic carbocycles. The summed E-state index contributed by atoms with van der Waals surface area (Å²) in [5.74, 6) is -0.120. The number of rotatable bonds is 5. The molecule has 6 heteroatoms. The van der Waals surface area contributed by atoms with Crippen LogP contribution in [0, 0.1) is 0 Å². The average Bonchev–Trinajstić information content (AvgIpc) is 3.13. The smallest absolute Gasteiger partial charge is 0.257 e. The number of nitrogens with one attached hydrogen (secondary N) is 1. The average molecular weight is 376 g/mol. The van der Waals surface area contributed by atoms with E-state index in [2.05, 4.69) is 26.4 Å². The number of benzene rings is 1. The summed E-state index contributed by atoms with van der Waals surface area (Å²) in [6.45, 7) is 2.89. The fraction of sp³-hybridized carbons (Fsp3) is 0.318. The maximum Gasteiger partial charge on any atom is 0.257 e. The minimum Gasteiger partial charge on any atom is -0.363 e. The Kier molecular flexibility index (Phi) is 5.77. The summed E-state index contributed by atoms with van der Waals surface area (Å²) in [6, 6.07) is 13.9. The molecule has 1 N–H and O–H groups in total. The van der Waals surface area contributed by atoms with Crippen molar-refractivity contribution in [3.8, 4) is 11.3 Å². The van der Waals surface area contributed by atoms with Gasteiger partial charge in [0.2, 0.25) is 0 Å². The molecule has 0 radical (unpaired) electrons. The van der Waals surface area contributed by atoms with Gasteiger partial charge in [-0.1, -0.05) is 41.6 Å². The second-order valence-corrected chi connectivity index (χ2v) is 7.18. The van der Waals surface area contributed by atoms with E-state index in [9.17, 15) is 4.79 Å². The van der Waals surface area contributed by atoms with Crippen LogP contribution >= 0.6 is 0 Å². The first kappa shape index (κ1) is 18.4. The highest BCUT2D eigenvalue weighted by Gasteiger charge is 2.22. The van der Waals surface area contributed by atoms with Crippen molar-refractivity contribution in [2.75, 3.05) is 13.1 Å². The van der Waals surface area contributed by atoms with Gasteiger partial charge in [0.15, 0.2) is 0 Å². The Morgan fingerprint density at radius 2 is 2.04 bits per heavy atom. The van der Waals surface area contributed by atoms with Gasteiger partial charge in [-0.2, -0.15) is 0 Å². The molecule has 1 aliphatic heterocycles. The standard InChI is InChI=1S/C22H24N4O2/c27-22(20-16-28-25-21(20)18-7-2-1-3-8-18)24-19-9-5-12-26(13-10-19)15-17-6-4-11-23-14-17/h1-4,6-8,11,14,16,19H,5,9-10,12-13,15H2,(H,24,27)/t19-/m1/s1. The first-order chi connectivity index (χ1) is 13.8. The van der Waals surface area contributed by atoms with Crippen molar-refractivity contribution in [1.29, 1.82) is 0 Å². The van der Waals surface area contributed by atoms with Gasteiger partial charge in [-0.05, 0) is 37.4 Å². The van der Waals surface area contributed by atoms with E-state index in [1.165, 1.54) is 11.8 Å². The monoisotopic (exact) mass is 376 g/mol. The van der Waals surface area contributed by atoms with Crippen molar-refractivity contribution in [3.63, 3.8) is 0 Å². The maximum atomic E-state index is 12.8. The molecule has 144 valence electrons. The van der Waals surface area contributed by atoms with Crippen LogP contribution in [-0.2, 0) is 6.54 Å². The van der Waals surface area contributed by atoms with Crippen molar-refractivity contribution in [1.82, 2.24) is 20.4 Å². The van der Waals surface area contributed by atoms with E-state index in [1.807, 2.05) is 42.6 Å². The molecule has 3 aromatic rings. The SMILES string of the molecule is O=C(N[C@@H]1CCCN(Cc2cccnc2)CC1)c1conc1-c1ccccc1. The zero-order valence-electron chi connectivity index (χ0n) is 15.8. The van der Waals surface area contributed by atoms with Crippen molar-refractivity contribution in [2.24, 2.45) is 0 Å². The molecule has 0 bridgehead atoms. The van der Waals surface area contributed by atoms with E-state index in [-0.39, 0.29) is 11.9 Å². The molecule has 3 heterocycles. The molecule has 4 rings (SSSR count). The Hall–Kier alpha value is -2.99. The summed E-state index contributed by atoms with van der Waals surface area (Å²) in [6.07, 6.45) is 8.11. The third-order valence-electron chi connectivity index (χ3n) is 5.15. The van der Waals surface area contributed by atoms with Crippen LogP contribution in [0.3, 0.4) is 0 Å². The number of carbonyl (C=O) groups excluding carboxylic acids is 1. The second kappa shape index (κ2) is 8.80. The topological polar surface area (TPSA) is 71.3 Å². The van der Waals surface area contributed by atoms with Crippen LogP contribution in [0.2, 0.25) is 0 Å². The van der Waals surface area contributed by atoms with Gasteiger partial charge in [0, 0.05) is 37.1 Å². The highest BCUT2D eigenvalue weighted by Crippen LogP contribution is 2.22. The van der Waals surface area contributed by atoms with Crippen molar-refractivity contribution >= 4 is 5.91 Å². The molecule has 1 fully saturated rings. The van der Waals surface area contributed by atoms with Gasteiger partial charge in [-0.15, -0.1) is 0 Å². The summed E-state index contributed by atoms with van der Waals surface area (Å²) >= 11 is 0. The minimum atomic E-state index is -0.120. The third kappa shape index (κ3) is 4.46. The number of amides is 1. The fourth-order valence-electron chi connectivity index (χ4n) is 3.67. The number of carbonyl (C=O) groups is 1. The summed E-state index contributed by atoms with van der Waals surface area (Å²) in [5.41, 5.74) is 3.18. The number of aromatic nitrogens is 2. The highest BCUT2D eigenvalue weighted by atomic mass is 16.5. The van der Waals surface area contributed by atoms with Gasteiger partial charge >= 0.3 is 0 Å². The Bertz CT molecular complexity index is 895. The van der Waals surface area contributed by atoms with Gasteiger partial charge in [0.25, 0.3) is 5.91 Å². The second-order valence-electron chi connectivity index (χ2n) is 7.18. The van der Waals surface area contributed by atoms with Crippen LogP contribution in [0.5, 0.6) is 0 Å². The van der Waals surface area contributed by atoms with Crippen LogP contribution in [0.1, 0.15) is 35.2 Å². The van der Waals surface area contributed by atoms with Gasteiger partial charge in [0.05, 0.1) is 0 Å². The van der Waals surface area contributed by atoms with Crippen LogP contribution in [0.15, 0.2) is 65.6 Å². The van der Waals surface area contributed by atoms with E-state index in [1.54, 1.807) is 6.20 Å². The molecule has 1 aliphatic rings. The van der Waals surface area contributed by atoms with E-state index in [0.29, 0.717) is 11.3 Å². The summed E-state index contributed by atoms with van der Waals surface area (Å²) < 4.78 is 5.09. The molecule has 0 unspecified atom stereocenters. The fourth-order valence-corrected chi connectivity index (χ4v) is 3.67. The highest BCUT2D eigenvalue weighted by molar-refractivity contribution is 5.99. The molecular weight excluding hydrogens is 352 g/mol. The lowest BCUT2D eigenvalue weighted by Crippen LogP contribution is -2.35. The van der Waals surface area contributed by atoms with E-state index >= 15 is 0 Å². The third-order valence-corrected chi connectivity index (χ3v) is 5.15. The van der Waals surface area contributed by atoms with E-state index < -0.39 is 0 Å². The predicted octanol–water partition coefficient (Wildman–Crippen LogP) is 3.52. The van der Waals surface area contributed by atoms with Crippen molar-refractivity contribution < 1.29 is 9.32 Å². The first-order valence-corrected chi connectivity index (χ1v) is 9.71. The van der Waals surface area contributed by atoms with Crippen molar-refractivity contribution in [2.45, 2.75) is 31.8 Å². The molecule has 1 atom stereocenters. The summed E-state index contributed by atoms with van der Waals surface area (Å²) in [4.78, 5) is 19.4. The van der Waals surface area contributed by atoms with Crippen molar-refractivity contribution in [3.05, 3.63) is 72.2 Å². The zero-order valence-corrected chi connectivity index (χ0v) is 15.8. The lowest BCUT2D eigenvalue weighted by atomic mass is 10.1. The van der Waals surface area contributed by atoms with Gasteiger partial charge in [-0.3, -0.25) is 14.7 Å². The normalized spacial score (nSPS) is 17.8. The predicted molar refractivity (Wildman–Crippen MR) is 107 cm³/mol. The molecule has 2 aromatic heterocycles. The van der Waals surface area contributed by atoms with Crippen LogP contribution in [-0.4, -0.2) is 40.1 Å². The summed E-state index contributed by atoms with van der Waals surface area (Å²) in [7, 11) is 0. The molecule has 0 spiro atoms. The van der Waals surface area contributed by atoms with E-state index in [0.717, 1.165) is 44.5 Å². The molecule has 0 saturated carbocycles. The largest absolute Gasteiger partial charge is 0.363 e. The van der Waals surface area contributed by atoms with Gasteiger partial charge in [0.1, 0.15) is 17.5 Å². The lowest BCUT2D eigenvalue weighted by molar-refractivity contribution is 0.0933. The quantitative estimate of drug-likeness (QED) is 0.738. The Morgan fingerprint density at radius 3 is 2.86 bits per heavy atom. The first-order valence-electron chi connectivity index (χ1n) is 9.71. The number of hydrogen-bond donors (Lipinski definition) is 1. The molecule has 28 heavy (non-hydrogen) atoms. The van der Waals surface area contributed by atoms with Gasteiger partial charge in [-0.25, -0.2) is 0 Å². The number of hydrogen-bond acceptors (Lipinski definition) is 5. The minimum absolute atomic E-state index is 0.120. The molecule has 1 amide bonds. The molecule has 1 saturated heterocycles. The van der Waals surface area contributed by atoms with Crippen LogP contribution < -0.4 is 5.32 Å². The van der Waals surface area contributed by atoms with Crippen LogP contribution in [0.4, 0.5) is 0 Å². The molecule has 1 aromatic carbocycles. The van der Waals surface area contributed by atoms with E-state index in [4.69, 9.17) is 4.52 Å². The Balaban J connectivity index is 1.36. The number of likely N-dealkylation sites (tertiary alicyclic amines) is 1. The maximum absolute atomic E-state index is 12.8. The Labute approximate surface area is 164 Å². The van der Waals surface area contributed by atoms with Gasteiger partial charge < -0.3 is 9.84 Å². The summed E-state index contributed by atoms with van der Waals surface area (Å²) in [5, 5.41) is 7.21. The Morgan fingerprint density at radius 1 is 1.14 bits per heavy atom.